The summed E-state index contributed by atoms with van der Waals surface area (Å²) in [4.78, 5) is 0. The Hall–Kier alpha value is -0.180. The van der Waals surface area contributed by atoms with E-state index < -0.39 is 6.43 Å². The van der Waals surface area contributed by atoms with Gasteiger partial charge in [-0.25, -0.2) is 8.78 Å². The lowest BCUT2D eigenvalue weighted by molar-refractivity contribution is 0.129. The van der Waals surface area contributed by atoms with Crippen molar-refractivity contribution in [2.45, 2.75) is 26.2 Å². The molecule has 9 heavy (non-hydrogen) atoms. The van der Waals surface area contributed by atoms with Crippen molar-refractivity contribution in [3.8, 4) is 0 Å². The third-order valence-corrected chi connectivity index (χ3v) is 1.28. The van der Waals surface area contributed by atoms with Gasteiger partial charge in [0.05, 0.1) is 0 Å². The molecular weight excluding hydrogens is 124 g/mol. The van der Waals surface area contributed by atoms with E-state index in [9.17, 15) is 8.78 Å². The van der Waals surface area contributed by atoms with E-state index in [-0.39, 0.29) is 12.3 Å². The van der Waals surface area contributed by atoms with Gasteiger partial charge in [-0.3, -0.25) is 0 Å². The van der Waals surface area contributed by atoms with E-state index in [2.05, 4.69) is 0 Å². The Morgan fingerprint density at radius 2 is 1.89 bits per heavy atom. The second kappa shape index (κ2) is 4.68. The number of rotatable bonds is 4. The maximum Gasteiger partial charge on any atom is 0.238 e. The van der Waals surface area contributed by atoms with Crippen LogP contribution in [0.15, 0.2) is 0 Å². The molecule has 0 radical (unpaired) electrons. The minimum atomic E-state index is -2.17. The molecule has 0 spiro atoms. The smallest absolute Gasteiger partial charge is 0.238 e. The average molecular weight is 137 g/mol. The van der Waals surface area contributed by atoms with Gasteiger partial charge in [-0.2, -0.15) is 0 Å². The minimum Gasteiger partial charge on any atom is -0.330 e. The van der Waals surface area contributed by atoms with E-state index in [1.165, 1.54) is 0 Å². The van der Waals surface area contributed by atoms with Crippen molar-refractivity contribution in [2.75, 3.05) is 6.54 Å². The van der Waals surface area contributed by atoms with Crippen LogP contribution in [0.3, 0.4) is 0 Å². The molecule has 0 aliphatic heterocycles. The molecular formula is C6H13F2N. The molecule has 0 rings (SSSR count). The third kappa shape index (κ3) is 5.69. The summed E-state index contributed by atoms with van der Waals surface area (Å²) in [6.07, 6.45) is -1.65. The van der Waals surface area contributed by atoms with Crippen molar-refractivity contribution < 1.29 is 8.78 Å². The highest BCUT2D eigenvalue weighted by atomic mass is 19.3. The van der Waals surface area contributed by atoms with Crippen molar-refractivity contribution in [3.63, 3.8) is 0 Å². The fourth-order valence-corrected chi connectivity index (χ4v) is 0.528. The van der Waals surface area contributed by atoms with Crippen LogP contribution in [0.1, 0.15) is 19.8 Å². The molecule has 0 aromatic heterocycles. The molecule has 0 aromatic carbocycles. The monoisotopic (exact) mass is 137 g/mol. The summed E-state index contributed by atoms with van der Waals surface area (Å²) in [5.74, 6) is 0.235. The van der Waals surface area contributed by atoms with E-state index in [1.807, 2.05) is 6.92 Å². The topological polar surface area (TPSA) is 26.0 Å². The quantitative estimate of drug-likeness (QED) is 0.626. The second-order valence-corrected chi connectivity index (χ2v) is 2.31. The number of halogens is 2. The summed E-state index contributed by atoms with van der Waals surface area (Å²) in [5.41, 5.74) is 5.21. The zero-order valence-corrected chi connectivity index (χ0v) is 5.61. The highest BCUT2D eigenvalue weighted by molar-refractivity contribution is 4.53. The Kier molecular flexibility index (Phi) is 4.58. The number of nitrogens with two attached hydrogens (primary N) is 1. The lowest BCUT2D eigenvalue weighted by Gasteiger charge is -2.05. The Morgan fingerprint density at radius 1 is 1.33 bits per heavy atom. The van der Waals surface area contributed by atoms with E-state index in [1.54, 1.807) is 0 Å². The summed E-state index contributed by atoms with van der Waals surface area (Å²) in [6.45, 7) is 2.38. The van der Waals surface area contributed by atoms with Gasteiger partial charge in [0.25, 0.3) is 0 Å². The van der Waals surface area contributed by atoms with Crippen molar-refractivity contribution in [3.05, 3.63) is 0 Å². The van der Waals surface area contributed by atoms with Crippen LogP contribution in [0.2, 0.25) is 0 Å². The molecule has 0 aliphatic rings. The fraction of sp³-hybridized carbons (Fsp3) is 1.00. The zero-order chi connectivity index (χ0) is 7.28. The molecule has 0 aromatic rings. The highest BCUT2D eigenvalue weighted by Gasteiger charge is 2.05. The molecule has 1 nitrogen and oxygen atoms in total. The first-order valence-electron chi connectivity index (χ1n) is 3.15. The first-order valence-corrected chi connectivity index (χ1v) is 3.15. The summed E-state index contributed by atoms with van der Waals surface area (Å²) >= 11 is 0. The Balaban J connectivity index is 3.06. The van der Waals surface area contributed by atoms with Crippen molar-refractivity contribution in [2.24, 2.45) is 11.7 Å². The molecule has 0 fully saturated rings. The van der Waals surface area contributed by atoms with Gasteiger partial charge >= 0.3 is 0 Å². The molecule has 3 heteroatoms. The maximum atomic E-state index is 11.5. The normalized spacial score (nSPS) is 14.3. The second-order valence-electron chi connectivity index (χ2n) is 2.31. The fourth-order valence-electron chi connectivity index (χ4n) is 0.528. The standard InChI is InChI=1S/C6H13F2N/c1-5(4-9)2-3-6(7)8/h5-6H,2-4,9H2,1H3/t5-/m1/s1. The maximum absolute atomic E-state index is 11.5. The lowest BCUT2D eigenvalue weighted by atomic mass is 10.1. The molecule has 0 heterocycles. The third-order valence-electron chi connectivity index (χ3n) is 1.28. The van der Waals surface area contributed by atoms with Crippen LogP contribution >= 0.6 is 0 Å². The van der Waals surface area contributed by atoms with Crippen molar-refractivity contribution >= 4 is 0 Å². The van der Waals surface area contributed by atoms with E-state index in [0.717, 1.165) is 0 Å². The van der Waals surface area contributed by atoms with Crippen LogP contribution in [-0.2, 0) is 0 Å². The number of hydrogen-bond donors (Lipinski definition) is 1. The minimum absolute atomic E-state index is 0.0155. The Labute approximate surface area is 54.2 Å². The molecule has 1 atom stereocenters. The molecule has 0 aliphatic carbocycles. The summed E-state index contributed by atoms with van der Waals surface area (Å²) in [5, 5.41) is 0. The van der Waals surface area contributed by atoms with Crippen LogP contribution in [0.4, 0.5) is 8.78 Å². The summed E-state index contributed by atoms with van der Waals surface area (Å²) in [7, 11) is 0. The summed E-state index contributed by atoms with van der Waals surface area (Å²) in [6, 6.07) is 0. The van der Waals surface area contributed by atoms with Gasteiger partial charge in [-0.05, 0) is 18.9 Å². The predicted octanol–water partition coefficient (Wildman–Crippen LogP) is 1.63. The van der Waals surface area contributed by atoms with Crippen LogP contribution in [-0.4, -0.2) is 13.0 Å². The van der Waals surface area contributed by atoms with Crippen LogP contribution in [0, 0.1) is 5.92 Å². The van der Waals surface area contributed by atoms with E-state index in [4.69, 9.17) is 5.73 Å². The molecule has 2 N–H and O–H groups in total. The number of hydrogen-bond acceptors (Lipinski definition) is 1. The van der Waals surface area contributed by atoms with Crippen molar-refractivity contribution in [1.29, 1.82) is 0 Å². The Bertz CT molecular complexity index is 66.1. The molecule has 0 saturated heterocycles. The molecule has 0 unspecified atom stereocenters. The zero-order valence-electron chi connectivity index (χ0n) is 5.61. The average Bonchev–Trinajstić information content (AvgIpc) is 1.83. The molecule has 0 amide bonds. The largest absolute Gasteiger partial charge is 0.330 e. The van der Waals surface area contributed by atoms with E-state index in [0.29, 0.717) is 13.0 Å². The first-order chi connectivity index (χ1) is 4.16. The molecule has 0 saturated carbocycles. The Morgan fingerprint density at radius 3 is 2.22 bits per heavy atom. The van der Waals surface area contributed by atoms with Crippen LogP contribution in [0.5, 0.6) is 0 Å². The van der Waals surface area contributed by atoms with Crippen LogP contribution < -0.4 is 5.73 Å². The van der Waals surface area contributed by atoms with Gasteiger partial charge in [0.1, 0.15) is 0 Å². The van der Waals surface area contributed by atoms with Gasteiger partial charge in [-0.15, -0.1) is 0 Å². The highest BCUT2D eigenvalue weighted by Crippen LogP contribution is 2.09. The lowest BCUT2D eigenvalue weighted by Crippen LogP contribution is -2.11. The molecule has 56 valence electrons. The van der Waals surface area contributed by atoms with Gasteiger partial charge in [0.15, 0.2) is 0 Å². The van der Waals surface area contributed by atoms with Gasteiger partial charge in [0.2, 0.25) is 6.43 Å². The van der Waals surface area contributed by atoms with Gasteiger partial charge in [0, 0.05) is 6.42 Å². The van der Waals surface area contributed by atoms with Gasteiger partial charge in [-0.1, -0.05) is 6.92 Å². The SMILES string of the molecule is C[C@@H](CN)CCC(F)F. The number of alkyl halides is 2. The predicted molar refractivity (Wildman–Crippen MR) is 33.5 cm³/mol. The molecule has 0 bridgehead atoms. The van der Waals surface area contributed by atoms with Crippen LogP contribution in [0.25, 0.3) is 0 Å². The van der Waals surface area contributed by atoms with Crippen molar-refractivity contribution in [1.82, 2.24) is 0 Å². The van der Waals surface area contributed by atoms with Gasteiger partial charge < -0.3 is 5.73 Å². The first kappa shape index (κ1) is 8.82. The summed E-state index contributed by atoms with van der Waals surface area (Å²) < 4.78 is 23.0. The van der Waals surface area contributed by atoms with E-state index >= 15 is 0 Å².